The molecule has 140 valence electrons. The summed E-state index contributed by atoms with van der Waals surface area (Å²) in [7, 11) is -1.25. The van der Waals surface area contributed by atoms with Crippen molar-refractivity contribution in [2.24, 2.45) is 10.9 Å². The Hall–Kier alpha value is -0.130. The molecule has 0 fully saturated rings. The van der Waals surface area contributed by atoms with Crippen LogP contribution in [0.15, 0.2) is 4.99 Å². The first-order valence-corrected chi connectivity index (χ1v) is 9.69. The van der Waals surface area contributed by atoms with Crippen LogP contribution >= 0.6 is 24.0 Å². The zero-order valence-corrected chi connectivity index (χ0v) is 17.8. The number of nitrogens with one attached hydrogen (secondary N) is 2. The molecule has 23 heavy (non-hydrogen) atoms. The maximum Gasteiger partial charge on any atom is 0.191 e. The van der Waals surface area contributed by atoms with Crippen LogP contribution in [0.2, 0.25) is 0 Å². The molecule has 0 aliphatic carbocycles. The topological polar surface area (TPSA) is 89.0 Å². The van der Waals surface area contributed by atoms with Gasteiger partial charge in [-0.15, -0.1) is 24.0 Å². The minimum absolute atomic E-state index is 0. The molecule has 2 N–H and O–H groups in total. The standard InChI is InChI=1S/C14H31N3O4S.HI/c1-13(2)12-21-8-5-6-16-14(15-3)17-7-9-20-10-11-22(4,18)19;/h13H,5-12H2,1-4H3,(H2,15,16,17);1H. The van der Waals surface area contributed by atoms with Crippen LogP contribution in [0.5, 0.6) is 0 Å². The largest absolute Gasteiger partial charge is 0.381 e. The molecule has 9 heteroatoms. The number of hydrogen-bond acceptors (Lipinski definition) is 5. The fraction of sp³-hybridized carbons (Fsp3) is 0.929. The Morgan fingerprint density at radius 1 is 1.09 bits per heavy atom. The maximum atomic E-state index is 10.9. The molecule has 0 aliphatic heterocycles. The van der Waals surface area contributed by atoms with Crippen molar-refractivity contribution in [1.29, 1.82) is 0 Å². The minimum Gasteiger partial charge on any atom is -0.381 e. The van der Waals surface area contributed by atoms with Gasteiger partial charge < -0.3 is 20.1 Å². The van der Waals surface area contributed by atoms with Crippen LogP contribution in [0.3, 0.4) is 0 Å². The van der Waals surface area contributed by atoms with Crippen molar-refractivity contribution >= 4 is 39.8 Å². The number of guanidine groups is 1. The summed E-state index contributed by atoms with van der Waals surface area (Å²) in [4.78, 5) is 4.09. The summed E-state index contributed by atoms with van der Waals surface area (Å²) in [5.74, 6) is 1.32. The van der Waals surface area contributed by atoms with Crippen LogP contribution in [-0.4, -0.2) is 73.0 Å². The third-order valence-electron chi connectivity index (χ3n) is 2.57. The second-order valence-electron chi connectivity index (χ2n) is 5.49. The molecule has 0 aromatic carbocycles. The smallest absolute Gasteiger partial charge is 0.191 e. The highest BCUT2D eigenvalue weighted by atomic mass is 127. The van der Waals surface area contributed by atoms with Crippen LogP contribution in [0.4, 0.5) is 0 Å². The van der Waals surface area contributed by atoms with Crippen LogP contribution in [0, 0.1) is 5.92 Å². The van der Waals surface area contributed by atoms with Crippen LogP contribution in [0.25, 0.3) is 0 Å². The third-order valence-corrected chi connectivity index (χ3v) is 3.48. The minimum atomic E-state index is -2.95. The highest BCUT2D eigenvalue weighted by molar-refractivity contribution is 14.0. The Balaban J connectivity index is 0. The van der Waals surface area contributed by atoms with Gasteiger partial charge in [-0.2, -0.15) is 0 Å². The zero-order valence-electron chi connectivity index (χ0n) is 14.6. The molecule has 0 saturated heterocycles. The van der Waals surface area contributed by atoms with Crippen LogP contribution < -0.4 is 10.6 Å². The van der Waals surface area contributed by atoms with Crippen molar-refractivity contribution in [3.8, 4) is 0 Å². The number of nitrogens with zero attached hydrogens (tertiary/aromatic N) is 1. The van der Waals surface area contributed by atoms with E-state index in [9.17, 15) is 8.42 Å². The van der Waals surface area contributed by atoms with Gasteiger partial charge in [0.15, 0.2) is 5.96 Å². The van der Waals surface area contributed by atoms with Crippen LogP contribution in [-0.2, 0) is 19.3 Å². The lowest BCUT2D eigenvalue weighted by molar-refractivity contribution is 0.108. The lowest BCUT2D eigenvalue weighted by atomic mass is 10.2. The fourth-order valence-electron chi connectivity index (χ4n) is 1.47. The van der Waals surface area contributed by atoms with Crippen molar-refractivity contribution in [2.45, 2.75) is 20.3 Å². The lowest BCUT2D eigenvalue weighted by Gasteiger charge is -2.12. The molecule has 0 radical (unpaired) electrons. The zero-order chi connectivity index (χ0) is 16.8. The van der Waals surface area contributed by atoms with Gasteiger partial charge in [0, 0.05) is 39.6 Å². The summed E-state index contributed by atoms with van der Waals surface area (Å²) < 4.78 is 32.6. The summed E-state index contributed by atoms with van der Waals surface area (Å²) in [6.07, 6.45) is 2.11. The molecule has 0 rings (SSSR count). The average molecular weight is 465 g/mol. The molecule has 7 nitrogen and oxygen atoms in total. The van der Waals surface area contributed by atoms with E-state index in [0.29, 0.717) is 25.0 Å². The molecule has 0 unspecified atom stereocenters. The monoisotopic (exact) mass is 465 g/mol. The van der Waals surface area contributed by atoms with Gasteiger partial charge in [0.25, 0.3) is 0 Å². The van der Waals surface area contributed by atoms with Gasteiger partial charge in [0.05, 0.1) is 19.0 Å². The second-order valence-corrected chi connectivity index (χ2v) is 7.75. The Kier molecular flexibility index (Phi) is 16.8. The summed E-state index contributed by atoms with van der Waals surface area (Å²) in [5.41, 5.74) is 0. The number of halogens is 1. The lowest BCUT2D eigenvalue weighted by Crippen LogP contribution is -2.39. The van der Waals surface area contributed by atoms with Crippen molar-refractivity contribution in [1.82, 2.24) is 10.6 Å². The van der Waals surface area contributed by atoms with E-state index in [-0.39, 0.29) is 36.3 Å². The van der Waals surface area contributed by atoms with E-state index in [1.807, 2.05) is 0 Å². The predicted molar refractivity (Wildman–Crippen MR) is 106 cm³/mol. The maximum absolute atomic E-state index is 10.9. The number of sulfone groups is 1. The molecule has 0 heterocycles. The Bertz CT molecular complexity index is 403. The van der Waals surface area contributed by atoms with Gasteiger partial charge >= 0.3 is 0 Å². The van der Waals surface area contributed by atoms with E-state index < -0.39 is 9.84 Å². The van der Waals surface area contributed by atoms with Crippen molar-refractivity contribution < 1.29 is 17.9 Å². The molecule has 0 amide bonds. The normalized spacial score (nSPS) is 12.1. The van der Waals surface area contributed by atoms with Crippen molar-refractivity contribution in [3.63, 3.8) is 0 Å². The summed E-state index contributed by atoms with van der Waals surface area (Å²) in [5, 5.41) is 6.28. The van der Waals surface area contributed by atoms with Crippen molar-refractivity contribution in [3.05, 3.63) is 0 Å². The molecule has 0 aromatic rings. The van der Waals surface area contributed by atoms with Crippen LogP contribution in [0.1, 0.15) is 20.3 Å². The summed E-state index contributed by atoms with van der Waals surface area (Å²) in [6.45, 7) is 7.80. The SMILES string of the molecule is CN=C(NCCCOCC(C)C)NCCOCCS(C)(=O)=O.I. The number of hydrogen-bond donors (Lipinski definition) is 2. The first kappa shape index (κ1) is 25.1. The van der Waals surface area contributed by atoms with E-state index >= 15 is 0 Å². The quantitative estimate of drug-likeness (QED) is 0.193. The summed E-state index contributed by atoms with van der Waals surface area (Å²) in [6, 6.07) is 0. The summed E-state index contributed by atoms with van der Waals surface area (Å²) >= 11 is 0. The Morgan fingerprint density at radius 3 is 2.30 bits per heavy atom. The van der Waals surface area contributed by atoms with E-state index in [2.05, 4.69) is 29.5 Å². The number of aliphatic imine (C=N–C) groups is 1. The first-order valence-electron chi connectivity index (χ1n) is 7.63. The van der Waals surface area contributed by atoms with Gasteiger partial charge in [0.2, 0.25) is 0 Å². The van der Waals surface area contributed by atoms with Gasteiger partial charge in [0.1, 0.15) is 9.84 Å². The van der Waals surface area contributed by atoms with E-state index in [1.54, 1.807) is 7.05 Å². The van der Waals surface area contributed by atoms with E-state index in [4.69, 9.17) is 9.47 Å². The molecule has 0 atom stereocenters. The van der Waals surface area contributed by atoms with E-state index in [1.165, 1.54) is 6.26 Å². The molecule has 0 aromatic heterocycles. The Morgan fingerprint density at radius 2 is 1.74 bits per heavy atom. The number of ether oxygens (including phenoxy) is 2. The Labute approximate surface area is 157 Å². The fourth-order valence-corrected chi connectivity index (χ4v) is 1.90. The molecule has 0 spiro atoms. The molecule has 0 bridgehead atoms. The number of rotatable bonds is 12. The average Bonchev–Trinajstić information content (AvgIpc) is 2.42. The van der Waals surface area contributed by atoms with E-state index in [0.717, 1.165) is 26.2 Å². The molecule has 0 aliphatic rings. The third kappa shape index (κ3) is 19.8. The molecular weight excluding hydrogens is 433 g/mol. The van der Waals surface area contributed by atoms with Gasteiger partial charge in [-0.05, 0) is 12.3 Å². The van der Waals surface area contributed by atoms with Gasteiger partial charge in [-0.3, -0.25) is 4.99 Å². The predicted octanol–water partition coefficient (Wildman–Crippen LogP) is 0.893. The second kappa shape index (κ2) is 15.4. The van der Waals surface area contributed by atoms with Crippen molar-refractivity contribution in [2.75, 3.05) is 58.6 Å². The molecule has 0 saturated carbocycles. The highest BCUT2D eigenvalue weighted by Gasteiger charge is 2.01. The molecular formula is C14H32IN3O4S. The first-order chi connectivity index (χ1) is 10.3. The highest BCUT2D eigenvalue weighted by Crippen LogP contribution is 1.92. The van der Waals surface area contributed by atoms with Gasteiger partial charge in [-0.25, -0.2) is 8.42 Å². The van der Waals surface area contributed by atoms with Gasteiger partial charge in [-0.1, -0.05) is 13.8 Å².